The molecule has 1 aromatic carbocycles. The van der Waals surface area contributed by atoms with Crippen LogP contribution in [0.4, 0.5) is 15.8 Å². The van der Waals surface area contributed by atoms with Crippen LogP contribution < -0.4 is 5.32 Å². The Labute approximate surface area is 140 Å². The number of nitrogens with zero attached hydrogens (tertiary/aromatic N) is 5. The Kier molecular flexibility index (Phi) is 4.25. The van der Waals surface area contributed by atoms with Crippen molar-refractivity contribution in [3.63, 3.8) is 0 Å². The van der Waals surface area contributed by atoms with Crippen LogP contribution in [0.2, 0.25) is 0 Å². The van der Waals surface area contributed by atoms with E-state index in [9.17, 15) is 19.3 Å². The number of aryl methyl sites for hydroxylation is 1. The zero-order chi connectivity index (χ0) is 18.0. The van der Waals surface area contributed by atoms with Crippen molar-refractivity contribution in [3.05, 3.63) is 70.0 Å². The number of nitrogens with one attached hydrogen (secondary N) is 1. The third-order valence-electron chi connectivity index (χ3n) is 3.40. The molecule has 3 rings (SSSR count). The highest BCUT2D eigenvalue weighted by molar-refractivity contribution is 6.05. The van der Waals surface area contributed by atoms with Crippen LogP contribution in [0.25, 0.3) is 0 Å². The Morgan fingerprint density at radius 2 is 2.12 bits per heavy atom. The molecule has 3 aromatic rings. The maximum atomic E-state index is 13.7. The summed E-state index contributed by atoms with van der Waals surface area (Å²) in [6.45, 7) is 0.187. The number of hydrogen-bond donors (Lipinski definition) is 1. The second kappa shape index (κ2) is 6.51. The minimum absolute atomic E-state index is 0.187. The highest BCUT2D eigenvalue weighted by Gasteiger charge is 2.25. The van der Waals surface area contributed by atoms with E-state index in [1.54, 1.807) is 18.2 Å². The molecule has 1 N–H and O–H groups in total. The minimum atomic E-state index is -0.724. The molecule has 10 heteroatoms. The SMILES string of the molecule is Cn1cc([N+](=O)[O-])c(C(=O)Nc2cnn(Cc3ccccc3F)c2)n1. The topological polar surface area (TPSA) is 108 Å². The molecule has 0 bridgehead atoms. The standard InChI is InChI=1S/C15H13FN6O3/c1-20-9-13(22(24)25)14(19-20)15(23)18-11-6-17-21(8-11)7-10-4-2-3-5-12(10)16/h2-6,8-9H,7H2,1H3,(H,18,23). The van der Waals surface area contributed by atoms with Crippen molar-refractivity contribution in [2.45, 2.75) is 6.54 Å². The normalized spacial score (nSPS) is 10.6. The van der Waals surface area contributed by atoms with E-state index in [4.69, 9.17) is 0 Å². The van der Waals surface area contributed by atoms with Gasteiger partial charge in [-0.05, 0) is 6.07 Å². The second-order valence-corrected chi connectivity index (χ2v) is 5.27. The molecule has 1 amide bonds. The summed E-state index contributed by atoms with van der Waals surface area (Å²) in [4.78, 5) is 22.5. The summed E-state index contributed by atoms with van der Waals surface area (Å²) in [5.41, 5.74) is 0.0817. The molecule has 128 valence electrons. The lowest BCUT2D eigenvalue weighted by molar-refractivity contribution is -0.385. The van der Waals surface area contributed by atoms with Gasteiger partial charge in [0.1, 0.15) is 12.0 Å². The molecule has 0 atom stereocenters. The van der Waals surface area contributed by atoms with Crippen LogP contribution in [0.15, 0.2) is 42.9 Å². The fourth-order valence-electron chi connectivity index (χ4n) is 2.28. The summed E-state index contributed by atoms with van der Waals surface area (Å²) < 4.78 is 16.3. The number of rotatable bonds is 5. The lowest BCUT2D eigenvalue weighted by Gasteiger charge is -2.03. The van der Waals surface area contributed by atoms with Crippen molar-refractivity contribution in [3.8, 4) is 0 Å². The molecule has 0 spiro atoms. The first-order valence-electron chi connectivity index (χ1n) is 7.19. The number of carbonyl (C=O) groups excluding carboxylic acids is 1. The third kappa shape index (κ3) is 3.52. The minimum Gasteiger partial charge on any atom is -0.318 e. The van der Waals surface area contributed by atoms with Gasteiger partial charge in [-0.15, -0.1) is 0 Å². The summed E-state index contributed by atoms with van der Waals surface area (Å²) in [6.07, 6.45) is 4.02. The maximum Gasteiger partial charge on any atom is 0.320 e. The van der Waals surface area contributed by atoms with Gasteiger partial charge in [-0.3, -0.25) is 24.3 Å². The summed E-state index contributed by atoms with van der Waals surface area (Å²) in [5, 5.41) is 21.3. The van der Waals surface area contributed by atoms with Gasteiger partial charge in [0.25, 0.3) is 5.91 Å². The van der Waals surface area contributed by atoms with Crippen molar-refractivity contribution in [1.29, 1.82) is 0 Å². The van der Waals surface area contributed by atoms with Crippen molar-refractivity contribution in [1.82, 2.24) is 19.6 Å². The van der Waals surface area contributed by atoms with E-state index in [2.05, 4.69) is 15.5 Å². The Morgan fingerprint density at radius 3 is 2.84 bits per heavy atom. The monoisotopic (exact) mass is 344 g/mol. The van der Waals surface area contributed by atoms with Gasteiger partial charge >= 0.3 is 5.69 Å². The first-order valence-corrected chi connectivity index (χ1v) is 7.19. The molecule has 25 heavy (non-hydrogen) atoms. The molecular weight excluding hydrogens is 331 g/mol. The first kappa shape index (κ1) is 16.3. The summed E-state index contributed by atoms with van der Waals surface area (Å²) in [6, 6.07) is 6.28. The van der Waals surface area contributed by atoms with Crippen LogP contribution in [-0.2, 0) is 13.6 Å². The summed E-state index contributed by atoms with van der Waals surface area (Å²) in [7, 11) is 1.48. The number of benzene rings is 1. The summed E-state index contributed by atoms with van der Waals surface area (Å²) >= 11 is 0. The molecule has 2 heterocycles. The average Bonchev–Trinajstić information content (AvgIpc) is 3.16. The Morgan fingerprint density at radius 1 is 1.36 bits per heavy atom. The van der Waals surface area contributed by atoms with Gasteiger partial charge in [0.2, 0.25) is 5.69 Å². The largest absolute Gasteiger partial charge is 0.320 e. The van der Waals surface area contributed by atoms with E-state index < -0.39 is 16.5 Å². The van der Waals surface area contributed by atoms with E-state index in [0.29, 0.717) is 11.3 Å². The van der Waals surface area contributed by atoms with Crippen LogP contribution in [0.5, 0.6) is 0 Å². The number of hydrogen-bond acceptors (Lipinski definition) is 5. The smallest absolute Gasteiger partial charge is 0.318 e. The van der Waals surface area contributed by atoms with Crippen LogP contribution in [0, 0.1) is 15.9 Å². The molecule has 0 aliphatic rings. The van der Waals surface area contributed by atoms with Crippen molar-refractivity contribution < 1.29 is 14.1 Å². The molecular formula is C15H13FN6O3. The number of nitro groups is 1. The van der Waals surface area contributed by atoms with Crippen LogP contribution >= 0.6 is 0 Å². The van der Waals surface area contributed by atoms with Crippen LogP contribution in [0.3, 0.4) is 0 Å². The first-order chi connectivity index (χ1) is 11.9. The van der Waals surface area contributed by atoms with Gasteiger partial charge < -0.3 is 5.32 Å². The van der Waals surface area contributed by atoms with Crippen LogP contribution in [0.1, 0.15) is 16.1 Å². The molecule has 0 saturated carbocycles. The average molecular weight is 344 g/mol. The predicted molar refractivity (Wildman–Crippen MR) is 85.5 cm³/mol. The van der Waals surface area contributed by atoms with Crippen molar-refractivity contribution in [2.75, 3.05) is 5.32 Å². The molecule has 9 nitrogen and oxygen atoms in total. The predicted octanol–water partition coefficient (Wildman–Crippen LogP) is 1.96. The maximum absolute atomic E-state index is 13.7. The highest BCUT2D eigenvalue weighted by atomic mass is 19.1. The zero-order valence-electron chi connectivity index (χ0n) is 13.1. The molecule has 0 aliphatic carbocycles. The van der Waals surface area contributed by atoms with Gasteiger partial charge in [-0.1, -0.05) is 18.2 Å². The number of anilines is 1. The van der Waals surface area contributed by atoms with E-state index in [1.165, 1.54) is 34.9 Å². The lowest BCUT2D eigenvalue weighted by Crippen LogP contribution is -2.14. The fourth-order valence-corrected chi connectivity index (χ4v) is 2.28. The lowest BCUT2D eigenvalue weighted by atomic mass is 10.2. The van der Waals surface area contributed by atoms with Gasteiger partial charge in [0.05, 0.1) is 23.4 Å². The molecule has 2 aromatic heterocycles. The van der Waals surface area contributed by atoms with Crippen molar-refractivity contribution >= 4 is 17.3 Å². The second-order valence-electron chi connectivity index (χ2n) is 5.27. The van der Waals surface area contributed by atoms with Gasteiger partial charge in [-0.25, -0.2) is 4.39 Å². The van der Waals surface area contributed by atoms with E-state index in [-0.39, 0.29) is 18.1 Å². The molecule has 0 saturated heterocycles. The Bertz CT molecular complexity index is 948. The van der Waals surface area contributed by atoms with E-state index in [1.807, 2.05) is 0 Å². The summed E-state index contributed by atoms with van der Waals surface area (Å²) in [5.74, 6) is -1.08. The number of amides is 1. The third-order valence-corrected chi connectivity index (χ3v) is 3.40. The number of halogens is 1. The molecule has 0 radical (unpaired) electrons. The van der Waals surface area contributed by atoms with Gasteiger partial charge in [-0.2, -0.15) is 10.2 Å². The van der Waals surface area contributed by atoms with Gasteiger partial charge in [0, 0.05) is 18.8 Å². The number of carbonyl (C=O) groups is 1. The highest BCUT2D eigenvalue weighted by Crippen LogP contribution is 2.18. The number of aromatic nitrogens is 4. The van der Waals surface area contributed by atoms with Crippen LogP contribution in [-0.4, -0.2) is 30.4 Å². The van der Waals surface area contributed by atoms with Gasteiger partial charge in [0.15, 0.2) is 0 Å². The molecule has 0 fully saturated rings. The Hall–Kier alpha value is -3.56. The zero-order valence-corrected chi connectivity index (χ0v) is 13.1. The van der Waals surface area contributed by atoms with E-state index in [0.717, 1.165) is 6.20 Å². The van der Waals surface area contributed by atoms with Crippen molar-refractivity contribution in [2.24, 2.45) is 7.05 Å². The Balaban J connectivity index is 1.74. The fraction of sp³-hybridized carbons (Fsp3) is 0.133. The quantitative estimate of drug-likeness (QED) is 0.562. The van der Waals surface area contributed by atoms with E-state index >= 15 is 0 Å². The molecule has 0 aliphatic heterocycles. The molecule has 0 unspecified atom stereocenters.